The molecule has 1 saturated heterocycles. The summed E-state index contributed by atoms with van der Waals surface area (Å²) >= 11 is 0. The number of rotatable bonds is 8. The Bertz CT molecular complexity index is 1300. The van der Waals surface area contributed by atoms with Crippen LogP contribution in [0.25, 0.3) is 11.3 Å². The third-order valence-electron chi connectivity index (χ3n) is 6.02. The van der Waals surface area contributed by atoms with Gasteiger partial charge in [0, 0.05) is 42.8 Å². The summed E-state index contributed by atoms with van der Waals surface area (Å²) in [6.45, 7) is 3.18. The lowest BCUT2D eigenvalue weighted by atomic mass is 10.1. The van der Waals surface area contributed by atoms with Crippen LogP contribution in [0.2, 0.25) is 0 Å². The van der Waals surface area contributed by atoms with Crippen LogP contribution < -0.4 is 15.5 Å². The molecule has 3 aromatic heterocycles. The number of hydrogen-bond donors (Lipinski definition) is 3. The standard InChI is InChI=1S/C24H25FN8O2/c25-17-5-3-16(4-6-17)20-11-18(35-32-20)14-26-24-28-21(13-23(29-24)33-7-9-34-10-8-33)27-22-12-19(30-31-22)15-1-2-15/h3-6,11-13,15H,1-2,7-10,14H2,(H3,26,27,28,29,30,31). The van der Waals surface area contributed by atoms with E-state index in [0.29, 0.717) is 48.9 Å². The third-order valence-corrected chi connectivity index (χ3v) is 6.02. The SMILES string of the molecule is Fc1ccc(-c2cc(CNc3nc(Nc4cc(C5CC5)n[nH]4)cc(N4CCOCC4)n3)on2)cc1. The minimum atomic E-state index is -0.292. The Labute approximate surface area is 200 Å². The van der Waals surface area contributed by atoms with E-state index < -0.39 is 0 Å². The molecule has 1 saturated carbocycles. The highest BCUT2D eigenvalue weighted by atomic mass is 19.1. The van der Waals surface area contributed by atoms with Crippen molar-refractivity contribution in [3.63, 3.8) is 0 Å². The number of nitrogens with one attached hydrogen (secondary N) is 3. The van der Waals surface area contributed by atoms with E-state index >= 15 is 0 Å². The molecule has 0 radical (unpaired) electrons. The smallest absolute Gasteiger partial charge is 0.227 e. The quantitative estimate of drug-likeness (QED) is 0.346. The van der Waals surface area contributed by atoms with Crippen LogP contribution in [-0.2, 0) is 11.3 Å². The molecule has 0 unspecified atom stereocenters. The second-order valence-electron chi connectivity index (χ2n) is 8.68. The Morgan fingerprint density at radius 3 is 2.69 bits per heavy atom. The zero-order valence-electron chi connectivity index (χ0n) is 19.0. The zero-order chi connectivity index (χ0) is 23.6. The molecular formula is C24H25FN8O2. The average Bonchev–Trinajstić information content (AvgIpc) is 3.45. The highest BCUT2D eigenvalue weighted by molar-refractivity contribution is 5.61. The summed E-state index contributed by atoms with van der Waals surface area (Å²) in [5.41, 5.74) is 2.50. The molecule has 4 heterocycles. The van der Waals surface area contributed by atoms with Crippen LogP contribution in [0.15, 0.2) is 47.0 Å². The van der Waals surface area contributed by atoms with Gasteiger partial charge in [-0.2, -0.15) is 15.1 Å². The van der Waals surface area contributed by atoms with Crippen molar-refractivity contribution in [3.05, 3.63) is 59.7 Å². The van der Waals surface area contributed by atoms with Crippen LogP contribution in [0, 0.1) is 5.82 Å². The van der Waals surface area contributed by atoms with Gasteiger partial charge < -0.3 is 24.8 Å². The van der Waals surface area contributed by atoms with Gasteiger partial charge in [-0.15, -0.1) is 0 Å². The summed E-state index contributed by atoms with van der Waals surface area (Å²) < 4.78 is 24.2. The molecule has 1 aromatic carbocycles. The molecule has 1 aliphatic heterocycles. The van der Waals surface area contributed by atoms with Gasteiger partial charge in [-0.1, -0.05) is 5.16 Å². The van der Waals surface area contributed by atoms with Crippen molar-refractivity contribution in [2.75, 3.05) is 41.8 Å². The Balaban J connectivity index is 1.20. The van der Waals surface area contributed by atoms with Gasteiger partial charge in [0.15, 0.2) is 5.76 Å². The molecule has 0 spiro atoms. The van der Waals surface area contributed by atoms with E-state index in [4.69, 9.17) is 14.2 Å². The number of H-pyrrole nitrogens is 1. The van der Waals surface area contributed by atoms with Crippen molar-refractivity contribution in [2.45, 2.75) is 25.3 Å². The molecule has 2 fully saturated rings. The van der Waals surface area contributed by atoms with Crippen molar-refractivity contribution < 1.29 is 13.7 Å². The fourth-order valence-electron chi connectivity index (χ4n) is 3.98. The molecule has 11 heteroatoms. The summed E-state index contributed by atoms with van der Waals surface area (Å²) in [6, 6.07) is 11.9. The number of anilines is 4. The molecule has 1 aliphatic carbocycles. The number of aromatic nitrogens is 5. The molecular weight excluding hydrogens is 451 g/mol. The number of morpholine rings is 1. The summed E-state index contributed by atoms with van der Waals surface area (Å²) in [5.74, 6) is 3.60. The zero-order valence-corrected chi connectivity index (χ0v) is 19.0. The van der Waals surface area contributed by atoms with Gasteiger partial charge >= 0.3 is 0 Å². The number of nitrogens with zero attached hydrogens (tertiary/aromatic N) is 5. The minimum Gasteiger partial charge on any atom is -0.378 e. The van der Waals surface area contributed by atoms with E-state index in [9.17, 15) is 4.39 Å². The van der Waals surface area contributed by atoms with Crippen LogP contribution in [0.3, 0.4) is 0 Å². The summed E-state index contributed by atoms with van der Waals surface area (Å²) in [5, 5.41) is 18.1. The fraction of sp³-hybridized carbons (Fsp3) is 0.333. The first-order valence-corrected chi connectivity index (χ1v) is 11.7. The van der Waals surface area contributed by atoms with Gasteiger partial charge in [-0.25, -0.2) is 4.39 Å². The summed E-state index contributed by atoms with van der Waals surface area (Å²) in [7, 11) is 0. The molecule has 0 bridgehead atoms. The first-order chi connectivity index (χ1) is 17.2. The molecule has 180 valence electrons. The molecule has 35 heavy (non-hydrogen) atoms. The van der Waals surface area contributed by atoms with Crippen molar-refractivity contribution in [2.24, 2.45) is 0 Å². The van der Waals surface area contributed by atoms with E-state index in [1.54, 1.807) is 12.1 Å². The lowest BCUT2D eigenvalue weighted by Gasteiger charge is -2.28. The largest absolute Gasteiger partial charge is 0.378 e. The monoisotopic (exact) mass is 476 g/mol. The van der Waals surface area contributed by atoms with Gasteiger partial charge in [0.25, 0.3) is 0 Å². The fourth-order valence-corrected chi connectivity index (χ4v) is 3.98. The predicted octanol–water partition coefficient (Wildman–Crippen LogP) is 4.06. The summed E-state index contributed by atoms with van der Waals surface area (Å²) in [6.07, 6.45) is 2.38. The second-order valence-corrected chi connectivity index (χ2v) is 8.68. The van der Waals surface area contributed by atoms with E-state index in [0.717, 1.165) is 36.0 Å². The van der Waals surface area contributed by atoms with Gasteiger partial charge in [0.05, 0.1) is 25.5 Å². The van der Waals surface area contributed by atoms with E-state index in [2.05, 4.69) is 35.9 Å². The molecule has 3 N–H and O–H groups in total. The number of benzene rings is 1. The average molecular weight is 477 g/mol. The van der Waals surface area contributed by atoms with Crippen LogP contribution in [0.1, 0.15) is 30.2 Å². The molecule has 4 aromatic rings. The number of halogens is 1. The van der Waals surface area contributed by atoms with Crippen molar-refractivity contribution in [3.8, 4) is 11.3 Å². The van der Waals surface area contributed by atoms with Gasteiger partial charge in [0.2, 0.25) is 5.95 Å². The van der Waals surface area contributed by atoms with Crippen LogP contribution in [0.4, 0.5) is 27.8 Å². The molecule has 0 amide bonds. The van der Waals surface area contributed by atoms with Crippen molar-refractivity contribution in [1.82, 2.24) is 25.3 Å². The molecule has 0 atom stereocenters. The number of hydrogen-bond acceptors (Lipinski definition) is 9. The maximum atomic E-state index is 13.2. The maximum Gasteiger partial charge on any atom is 0.227 e. The highest BCUT2D eigenvalue weighted by Crippen LogP contribution is 2.39. The Hall–Kier alpha value is -3.99. The highest BCUT2D eigenvalue weighted by Gasteiger charge is 2.26. The summed E-state index contributed by atoms with van der Waals surface area (Å²) in [4.78, 5) is 11.5. The lowest BCUT2D eigenvalue weighted by Crippen LogP contribution is -2.37. The van der Waals surface area contributed by atoms with Crippen LogP contribution in [-0.4, -0.2) is 51.6 Å². The predicted molar refractivity (Wildman–Crippen MR) is 128 cm³/mol. The third kappa shape index (κ3) is 5.09. The Morgan fingerprint density at radius 1 is 1.06 bits per heavy atom. The van der Waals surface area contributed by atoms with E-state index in [1.165, 1.54) is 25.0 Å². The normalized spacial score (nSPS) is 15.9. The first-order valence-electron chi connectivity index (χ1n) is 11.7. The van der Waals surface area contributed by atoms with Crippen molar-refractivity contribution >= 4 is 23.4 Å². The Kier molecular flexibility index (Phi) is 5.75. The van der Waals surface area contributed by atoms with Gasteiger partial charge in [-0.3, -0.25) is 5.10 Å². The lowest BCUT2D eigenvalue weighted by molar-refractivity contribution is 0.122. The second kappa shape index (κ2) is 9.34. The Morgan fingerprint density at radius 2 is 1.89 bits per heavy atom. The van der Waals surface area contributed by atoms with Gasteiger partial charge in [-0.05, 0) is 37.1 Å². The van der Waals surface area contributed by atoms with Gasteiger partial charge in [0.1, 0.15) is 29.0 Å². The molecule has 10 nitrogen and oxygen atoms in total. The van der Waals surface area contributed by atoms with Crippen LogP contribution in [0.5, 0.6) is 0 Å². The molecule has 6 rings (SSSR count). The van der Waals surface area contributed by atoms with E-state index in [1.807, 2.05) is 18.2 Å². The minimum absolute atomic E-state index is 0.292. The number of aromatic amines is 1. The topological polar surface area (TPSA) is 117 Å². The van der Waals surface area contributed by atoms with Crippen LogP contribution >= 0.6 is 0 Å². The first kappa shape index (κ1) is 21.5. The number of ether oxygens (including phenoxy) is 1. The van der Waals surface area contributed by atoms with Crippen molar-refractivity contribution in [1.29, 1.82) is 0 Å². The van der Waals surface area contributed by atoms with E-state index in [-0.39, 0.29) is 5.82 Å². The molecule has 2 aliphatic rings. The maximum absolute atomic E-state index is 13.2.